The zero-order chi connectivity index (χ0) is 31.1. The summed E-state index contributed by atoms with van der Waals surface area (Å²) in [5, 5.41) is 9.37. The lowest BCUT2D eigenvalue weighted by Gasteiger charge is -2.33. The van der Waals surface area contributed by atoms with Crippen molar-refractivity contribution in [1.82, 2.24) is 15.1 Å². The highest BCUT2D eigenvalue weighted by Crippen LogP contribution is 2.41. The average Bonchev–Trinajstić information content (AvgIpc) is 3.33. The van der Waals surface area contributed by atoms with Crippen LogP contribution in [0.3, 0.4) is 0 Å². The van der Waals surface area contributed by atoms with Gasteiger partial charge in [0.2, 0.25) is 11.8 Å². The lowest BCUT2D eigenvalue weighted by molar-refractivity contribution is -0.143. The zero-order valence-electron chi connectivity index (χ0n) is 24.7. The van der Waals surface area contributed by atoms with E-state index in [2.05, 4.69) is 15.7 Å². The lowest BCUT2D eigenvalue weighted by atomic mass is 9.75. The van der Waals surface area contributed by atoms with E-state index in [9.17, 15) is 28.0 Å². The van der Waals surface area contributed by atoms with Gasteiger partial charge in [-0.1, -0.05) is 12.1 Å². The van der Waals surface area contributed by atoms with E-state index in [1.54, 1.807) is 58.2 Å². The Bertz CT molecular complexity index is 1250. The summed E-state index contributed by atoms with van der Waals surface area (Å²) in [5.74, 6) is -4.45. The third-order valence-corrected chi connectivity index (χ3v) is 7.28. The minimum absolute atomic E-state index is 0.00576. The SMILES string of the molecule is COC(=O)[C@@H](Cc1ccc(NC(=O)C[C@@H](CC(=O)c2ccnn2C)C2CCC(F)(F)CC2)cc1)NC(=O)OC(C)(C)C. The van der Waals surface area contributed by atoms with Crippen LogP contribution in [0.1, 0.15) is 75.3 Å². The van der Waals surface area contributed by atoms with Crippen LogP contribution in [0.2, 0.25) is 0 Å². The number of ether oxygens (including phenoxy) is 2. The lowest BCUT2D eigenvalue weighted by Crippen LogP contribution is -2.45. The van der Waals surface area contributed by atoms with Gasteiger partial charge in [-0.15, -0.1) is 0 Å². The molecule has 0 unspecified atom stereocenters. The highest BCUT2D eigenvalue weighted by atomic mass is 19.3. The maximum absolute atomic E-state index is 13.8. The van der Waals surface area contributed by atoms with Gasteiger partial charge >= 0.3 is 12.1 Å². The van der Waals surface area contributed by atoms with Crippen molar-refractivity contribution in [2.24, 2.45) is 18.9 Å². The van der Waals surface area contributed by atoms with Gasteiger partial charge in [0.1, 0.15) is 17.3 Å². The second-order valence-electron chi connectivity index (χ2n) is 11.8. The average molecular weight is 591 g/mol. The molecule has 1 aliphatic carbocycles. The molecule has 1 aliphatic rings. The molecule has 1 aromatic carbocycles. The fraction of sp³-hybridized carbons (Fsp3) is 0.567. The number of alkyl carbamates (subject to hydrolysis) is 1. The van der Waals surface area contributed by atoms with Gasteiger partial charge < -0.3 is 20.1 Å². The van der Waals surface area contributed by atoms with Crippen molar-refractivity contribution in [3.63, 3.8) is 0 Å². The van der Waals surface area contributed by atoms with Crippen molar-refractivity contribution in [2.45, 2.75) is 83.3 Å². The number of esters is 1. The van der Waals surface area contributed by atoms with E-state index in [0.29, 0.717) is 16.9 Å². The van der Waals surface area contributed by atoms with Crippen molar-refractivity contribution in [3.05, 3.63) is 47.8 Å². The van der Waals surface area contributed by atoms with Crippen LogP contribution >= 0.6 is 0 Å². The molecule has 3 rings (SSSR count). The minimum atomic E-state index is -2.72. The first-order chi connectivity index (χ1) is 19.7. The predicted molar refractivity (Wildman–Crippen MR) is 151 cm³/mol. The Kier molecular flexibility index (Phi) is 10.8. The number of aryl methyl sites for hydroxylation is 1. The van der Waals surface area contributed by atoms with Crippen molar-refractivity contribution < 1.29 is 37.4 Å². The molecular weight excluding hydrogens is 550 g/mol. The van der Waals surface area contributed by atoms with E-state index in [4.69, 9.17) is 9.47 Å². The maximum Gasteiger partial charge on any atom is 0.408 e. The van der Waals surface area contributed by atoms with E-state index in [1.807, 2.05) is 0 Å². The monoisotopic (exact) mass is 590 g/mol. The highest BCUT2D eigenvalue weighted by molar-refractivity contribution is 5.95. The Morgan fingerprint density at radius 3 is 2.26 bits per heavy atom. The summed E-state index contributed by atoms with van der Waals surface area (Å²) >= 11 is 0. The third kappa shape index (κ3) is 9.92. The van der Waals surface area contributed by atoms with Crippen LogP contribution in [0.25, 0.3) is 0 Å². The molecule has 230 valence electrons. The molecule has 2 atom stereocenters. The Morgan fingerprint density at radius 2 is 1.71 bits per heavy atom. The second kappa shape index (κ2) is 13.9. The summed E-state index contributed by atoms with van der Waals surface area (Å²) in [4.78, 5) is 50.5. The topological polar surface area (TPSA) is 129 Å². The standard InChI is InChI=1S/C30H40F2N4O6/c1-29(2,3)42-28(40)35-23(27(39)41-5)16-19-6-8-22(9-7-19)34-26(38)18-21(20-10-13-30(31,32)14-11-20)17-25(37)24-12-15-33-36(24)4/h6-9,12,15,20-21,23H,10-11,13-14,16-18H2,1-5H3,(H,34,38)(H,35,40)/t21-,23-/m1/s1. The number of ketones is 1. The molecule has 0 aliphatic heterocycles. The number of amides is 2. The Labute approximate surface area is 244 Å². The van der Waals surface area contributed by atoms with E-state index < -0.39 is 35.5 Å². The maximum atomic E-state index is 13.8. The Morgan fingerprint density at radius 1 is 1.07 bits per heavy atom. The molecule has 0 radical (unpaired) electrons. The number of hydrogen-bond donors (Lipinski definition) is 2. The minimum Gasteiger partial charge on any atom is -0.467 e. The first-order valence-electron chi connectivity index (χ1n) is 14.0. The van der Waals surface area contributed by atoms with Crippen molar-refractivity contribution in [3.8, 4) is 0 Å². The number of alkyl halides is 2. The molecular formula is C30H40F2N4O6. The molecule has 1 heterocycles. The predicted octanol–water partition coefficient (Wildman–Crippen LogP) is 5.07. The number of benzene rings is 1. The fourth-order valence-electron chi connectivity index (χ4n) is 5.12. The normalized spacial score (nSPS) is 16.6. The van der Waals surface area contributed by atoms with Crippen molar-refractivity contribution >= 4 is 29.4 Å². The van der Waals surface area contributed by atoms with Crippen LogP contribution in [-0.2, 0) is 32.5 Å². The molecule has 1 aromatic heterocycles. The number of rotatable bonds is 11. The van der Waals surface area contributed by atoms with E-state index in [-0.39, 0.29) is 62.6 Å². The molecule has 2 aromatic rings. The summed E-state index contributed by atoms with van der Waals surface area (Å²) in [6.45, 7) is 5.13. The largest absolute Gasteiger partial charge is 0.467 e. The van der Waals surface area contributed by atoms with Gasteiger partial charge in [-0.25, -0.2) is 18.4 Å². The summed E-state index contributed by atoms with van der Waals surface area (Å²) < 4.78 is 39.2. The number of halogens is 2. The molecule has 0 spiro atoms. The molecule has 1 fully saturated rings. The number of nitrogens with zero attached hydrogens (tertiary/aromatic N) is 2. The van der Waals surface area contributed by atoms with Crippen LogP contribution in [0.5, 0.6) is 0 Å². The number of aromatic nitrogens is 2. The quantitative estimate of drug-likeness (QED) is 0.276. The van der Waals surface area contributed by atoms with Crippen LogP contribution in [0.15, 0.2) is 36.5 Å². The van der Waals surface area contributed by atoms with E-state index in [1.165, 1.54) is 18.0 Å². The summed E-state index contributed by atoms with van der Waals surface area (Å²) in [6.07, 6.45) is 0.936. The number of anilines is 1. The number of carbonyl (C=O) groups excluding carboxylic acids is 4. The van der Waals surface area contributed by atoms with Crippen molar-refractivity contribution in [1.29, 1.82) is 0 Å². The van der Waals surface area contributed by atoms with Gasteiger partial charge in [-0.2, -0.15) is 5.10 Å². The number of Topliss-reactive ketones (excluding diaryl/α,β-unsaturated/α-hetero) is 1. The number of hydrogen-bond acceptors (Lipinski definition) is 7. The summed E-state index contributed by atoms with van der Waals surface area (Å²) in [7, 11) is 2.88. The number of nitrogens with one attached hydrogen (secondary N) is 2. The van der Waals surface area contributed by atoms with Crippen LogP contribution in [-0.4, -0.2) is 58.2 Å². The fourth-order valence-corrected chi connectivity index (χ4v) is 5.12. The summed E-state index contributed by atoms with van der Waals surface area (Å²) in [5.41, 5.74) is 0.855. The number of carbonyl (C=O) groups is 4. The molecule has 0 saturated heterocycles. The molecule has 10 nitrogen and oxygen atoms in total. The van der Waals surface area contributed by atoms with Gasteiger partial charge in [0.25, 0.3) is 0 Å². The summed E-state index contributed by atoms with van der Waals surface area (Å²) in [6, 6.07) is 7.34. The second-order valence-corrected chi connectivity index (χ2v) is 11.8. The van der Waals surface area contributed by atoms with Crippen LogP contribution < -0.4 is 10.6 Å². The van der Waals surface area contributed by atoms with Gasteiger partial charge in [0.05, 0.1) is 7.11 Å². The Hall–Kier alpha value is -3.83. The Balaban J connectivity index is 1.64. The smallest absolute Gasteiger partial charge is 0.408 e. The highest BCUT2D eigenvalue weighted by Gasteiger charge is 2.39. The molecule has 0 bridgehead atoms. The third-order valence-electron chi connectivity index (χ3n) is 7.28. The molecule has 2 amide bonds. The van der Waals surface area contributed by atoms with Gasteiger partial charge in [0, 0.05) is 51.0 Å². The van der Waals surface area contributed by atoms with E-state index >= 15 is 0 Å². The van der Waals surface area contributed by atoms with E-state index in [0.717, 1.165) is 0 Å². The first kappa shape index (κ1) is 32.7. The molecule has 12 heteroatoms. The van der Waals surface area contributed by atoms with Crippen LogP contribution in [0, 0.1) is 11.8 Å². The van der Waals surface area contributed by atoms with Crippen LogP contribution in [0.4, 0.5) is 19.3 Å². The van der Waals surface area contributed by atoms with Gasteiger partial charge in [-0.3, -0.25) is 14.3 Å². The molecule has 42 heavy (non-hydrogen) atoms. The molecule has 2 N–H and O–H groups in total. The van der Waals surface area contributed by atoms with Gasteiger partial charge in [0.15, 0.2) is 5.78 Å². The van der Waals surface area contributed by atoms with Gasteiger partial charge in [-0.05, 0) is 69.2 Å². The molecule has 1 saturated carbocycles. The number of methoxy groups -OCH3 is 1. The zero-order valence-corrected chi connectivity index (χ0v) is 24.7. The van der Waals surface area contributed by atoms with Crippen molar-refractivity contribution in [2.75, 3.05) is 12.4 Å². The first-order valence-corrected chi connectivity index (χ1v) is 14.0.